The van der Waals surface area contributed by atoms with Crippen LogP contribution < -0.4 is 10.6 Å². The number of carbonyl (C=O) groups excluding carboxylic acids is 2. The molecule has 2 aliphatic rings. The van der Waals surface area contributed by atoms with Gasteiger partial charge in [-0.25, -0.2) is 4.79 Å². The van der Waals surface area contributed by atoms with Crippen LogP contribution in [0.15, 0.2) is 12.3 Å². The van der Waals surface area contributed by atoms with Gasteiger partial charge in [-0.3, -0.25) is 9.78 Å². The predicted octanol–water partition coefficient (Wildman–Crippen LogP) is 1.97. The molecule has 2 heterocycles. The zero-order valence-electron chi connectivity index (χ0n) is 18.3. The third-order valence-corrected chi connectivity index (χ3v) is 5.79. The molecule has 2 amide bonds. The number of aryl methyl sites for hydroxylation is 2. The number of hydrogen-bond acceptors (Lipinski definition) is 6. The fraction of sp³-hybridized carbons (Fsp3) is 0.682. The van der Waals surface area contributed by atoms with Gasteiger partial charge in [0.05, 0.1) is 19.8 Å². The molecule has 30 heavy (non-hydrogen) atoms. The minimum absolute atomic E-state index is 0.0547. The zero-order valence-corrected chi connectivity index (χ0v) is 18.3. The molecule has 166 valence electrons. The van der Waals surface area contributed by atoms with Crippen LogP contribution in [0, 0.1) is 0 Å². The minimum atomic E-state index is -0.413. The molecule has 1 aromatic heterocycles. The summed E-state index contributed by atoms with van der Waals surface area (Å²) in [6.07, 6.45) is 5.63. The Morgan fingerprint density at radius 1 is 1.43 bits per heavy atom. The number of amides is 2. The third kappa shape index (κ3) is 5.70. The number of nitrogens with zero attached hydrogens (tertiary/aromatic N) is 2. The van der Waals surface area contributed by atoms with Gasteiger partial charge in [0, 0.05) is 37.6 Å². The van der Waals surface area contributed by atoms with Gasteiger partial charge in [0.2, 0.25) is 0 Å². The van der Waals surface area contributed by atoms with Crippen molar-refractivity contribution in [3.05, 3.63) is 29.1 Å². The molecule has 2 atom stereocenters. The van der Waals surface area contributed by atoms with E-state index in [9.17, 15) is 9.59 Å². The molecule has 2 fully saturated rings. The molecule has 1 aliphatic heterocycles. The highest BCUT2D eigenvalue weighted by molar-refractivity contribution is 5.82. The van der Waals surface area contributed by atoms with Gasteiger partial charge in [-0.05, 0) is 50.2 Å². The molecular formula is C22H34N4O4. The lowest BCUT2D eigenvalue weighted by Gasteiger charge is -2.34. The first-order valence-corrected chi connectivity index (χ1v) is 11.0. The summed E-state index contributed by atoms with van der Waals surface area (Å²) in [7, 11) is 1.36. The number of aromatic nitrogens is 1. The fourth-order valence-electron chi connectivity index (χ4n) is 3.95. The second-order valence-electron chi connectivity index (χ2n) is 7.97. The monoisotopic (exact) mass is 418 g/mol. The van der Waals surface area contributed by atoms with Crippen LogP contribution in [0.1, 0.15) is 56.0 Å². The molecule has 0 spiro atoms. The average Bonchev–Trinajstić information content (AvgIpc) is 3.62. The number of carbonyl (C=O) groups is 2. The number of methoxy groups -OCH3 is 1. The van der Waals surface area contributed by atoms with Crippen LogP contribution in [0.2, 0.25) is 0 Å². The molecule has 3 rings (SSSR count). The molecule has 8 heteroatoms. The van der Waals surface area contributed by atoms with Crippen molar-refractivity contribution in [3.8, 4) is 0 Å². The second kappa shape index (κ2) is 10.7. The van der Waals surface area contributed by atoms with Crippen LogP contribution in [0.4, 0.5) is 4.79 Å². The van der Waals surface area contributed by atoms with Gasteiger partial charge in [-0.1, -0.05) is 13.0 Å². The van der Waals surface area contributed by atoms with E-state index in [2.05, 4.69) is 40.3 Å². The number of pyridine rings is 1. The van der Waals surface area contributed by atoms with Crippen molar-refractivity contribution in [2.45, 2.75) is 64.1 Å². The highest BCUT2D eigenvalue weighted by Gasteiger charge is 2.40. The number of morpholine rings is 1. The highest BCUT2D eigenvalue weighted by Crippen LogP contribution is 2.35. The summed E-state index contributed by atoms with van der Waals surface area (Å²) < 4.78 is 10.3. The Morgan fingerprint density at radius 3 is 2.87 bits per heavy atom. The highest BCUT2D eigenvalue weighted by atomic mass is 16.5. The van der Waals surface area contributed by atoms with Crippen LogP contribution in [0.5, 0.6) is 0 Å². The summed E-state index contributed by atoms with van der Waals surface area (Å²) in [5.74, 6) is 0.0700. The van der Waals surface area contributed by atoms with E-state index in [-0.39, 0.29) is 18.0 Å². The van der Waals surface area contributed by atoms with Gasteiger partial charge in [0.25, 0.3) is 5.91 Å². The van der Waals surface area contributed by atoms with Crippen molar-refractivity contribution < 1.29 is 19.1 Å². The Labute approximate surface area is 178 Å². The van der Waals surface area contributed by atoms with Crippen LogP contribution in [-0.2, 0) is 27.1 Å². The van der Waals surface area contributed by atoms with Crippen LogP contribution >= 0.6 is 0 Å². The summed E-state index contributed by atoms with van der Waals surface area (Å²) in [4.78, 5) is 31.1. The summed E-state index contributed by atoms with van der Waals surface area (Å²) in [6, 6.07) is 2.41. The summed E-state index contributed by atoms with van der Waals surface area (Å²) >= 11 is 0. The second-order valence-corrected chi connectivity index (χ2v) is 7.97. The van der Waals surface area contributed by atoms with Gasteiger partial charge in [0.1, 0.15) is 6.10 Å². The Kier molecular flexibility index (Phi) is 8.04. The lowest BCUT2D eigenvalue weighted by Crippen LogP contribution is -2.50. The van der Waals surface area contributed by atoms with Crippen molar-refractivity contribution in [2.75, 3.05) is 33.4 Å². The number of rotatable bonds is 9. The van der Waals surface area contributed by atoms with Gasteiger partial charge >= 0.3 is 6.09 Å². The van der Waals surface area contributed by atoms with E-state index >= 15 is 0 Å². The normalized spacial score (nSPS) is 19.8. The van der Waals surface area contributed by atoms with E-state index in [4.69, 9.17) is 4.74 Å². The number of nitrogens with one attached hydrogen (secondary N) is 2. The lowest BCUT2D eigenvalue weighted by atomic mass is 10.00. The standard InChI is InChI=1S/C22H34N4O4/c1-4-19-16(6-5-9-24-22(28)29-3)12-17(13-25-19)15(2)26(18-7-8-18)21(27)20-14-23-10-11-30-20/h12-13,15,18,20,23H,4-11,14H2,1-3H3,(H,24,28). The first kappa shape index (κ1) is 22.5. The van der Waals surface area contributed by atoms with E-state index < -0.39 is 12.2 Å². The third-order valence-electron chi connectivity index (χ3n) is 5.79. The lowest BCUT2D eigenvalue weighted by molar-refractivity contribution is -0.148. The van der Waals surface area contributed by atoms with Crippen molar-refractivity contribution in [3.63, 3.8) is 0 Å². The number of hydrogen-bond donors (Lipinski definition) is 2. The quantitative estimate of drug-likeness (QED) is 0.596. The first-order chi connectivity index (χ1) is 14.5. The Hall–Kier alpha value is -2.19. The maximum Gasteiger partial charge on any atom is 0.406 e. The summed E-state index contributed by atoms with van der Waals surface area (Å²) in [5, 5.41) is 5.97. The van der Waals surface area contributed by atoms with Crippen LogP contribution in [0.3, 0.4) is 0 Å². The summed E-state index contributed by atoms with van der Waals surface area (Å²) in [6.45, 7) is 6.65. The molecule has 1 saturated heterocycles. The Morgan fingerprint density at radius 2 is 2.23 bits per heavy atom. The zero-order chi connectivity index (χ0) is 21.5. The molecule has 0 radical (unpaired) electrons. The molecular weight excluding hydrogens is 384 g/mol. The molecule has 1 aliphatic carbocycles. The molecule has 1 aromatic rings. The predicted molar refractivity (Wildman–Crippen MR) is 113 cm³/mol. The Balaban J connectivity index is 1.70. The van der Waals surface area contributed by atoms with Crippen molar-refractivity contribution in [1.82, 2.24) is 20.5 Å². The Bertz CT molecular complexity index is 732. The van der Waals surface area contributed by atoms with E-state index in [1.807, 2.05) is 11.1 Å². The smallest absolute Gasteiger partial charge is 0.406 e. The molecule has 1 saturated carbocycles. The minimum Gasteiger partial charge on any atom is -0.453 e. The molecule has 2 N–H and O–H groups in total. The molecule has 8 nitrogen and oxygen atoms in total. The SMILES string of the molecule is CCc1ncc(C(C)N(C(=O)C2CNCCO2)C2CC2)cc1CCCNC(=O)OC. The maximum absolute atomic E-state index is 13.2. The van der Waals surface area contributed by atoms with Crippen LogP contribution in [-0.4, -0.2) is 67.4 Å². The van der Waals surface area contributed by atoms with E-state index in [0.717, 1.165) is 49.9 Å². The van der Waals surface area contributed by atoms with Crippen molar-refractivity contribution in [2.24, 2.45) is 0 Å². The topological polar surface area (TPSA) is 92.8 Å². The van der Waals surface area contributed by atoms with Gasteiger partial charge in [-0.15, -0.1) is 0 Å². The van der Waals surface area contributed by atoms with Gasteiger partial charge in [-0.2, -0.15) is 0 Å². The van der Waals surface area contributed by atoms with E-state index in [1.54, 1.807) is 0 Å². The number of alkyl carbamates (subject to hydrolysis) is 1. The van der Waals surface area contributed by atoms with Gasteiger partial charge < -0.3 is 25.0 Å². The largest absolute Gasteiger partial charge is 0.453 e. The molecule has 0 bridgehead atoms. The first-order valence-electron chi connectivity index (χ1n) is 11.0. The summed E-state index contributed by atoms with van der Waals surface area (Å²) in [5.41, 5.74) is 3.28. The van der Waals surface area contributed by atoms with Crippen molar-refractivity contribution in [1.29, 1.82) is 0 Å². The maximum atomic E-state index is 13.2. The fourth-order valence-corrected chi connectivity index (χ4v) is 3.95. The van der Waals surface area contributed by atoms with Gasteiger partial charge in [0.15, 0.2) is 0 Å². The molecule has 2 unspecified atom stereocenters. The molecule has 0 aromatic carbocycles. The van der Waals surface area contributed by atoms with Crippen LogP contribution in [0.25, 0.3) is 0 Å². The van der Waals surface area contributed by atoms with E-state index in [0.29, 0.717) is 19.7 Å². The van der Waals surface area contributed by atoms with E-state index in [1.165, 1.54) is 12.7 Å². The van der Waals surface area contributed by atoms with Crippen molar-refractivity contribution >= 4 is 12.0 Å². The average molecular weight is 419 g/mol. The number of ether oxygens (including phenoxy) is 2.